The van der Waals surface area contributed by atoms with Gasteiger partial charge in [-0.1, -0.05) is 63.9 Å². The van der Waals surface area contributed by atoms with Gasteiger partial charge in [0, 0.05) is 66.2 Å². The summed E-state index contributed by atoms with van der Waals surface area (Å²) < 4.78 is 17.1. The number of aromatic nitrogens is 3. The largest absolute Gasteiger partial charge is 0.381 e. The summed E-state index contributed by atoms with van der Waals surface area (Å²) in [6.45, 7) is 12.4. The Hall–Kier alpha value is -5.13. The fraction of sp³-hybridized carbons (Fsp3) is 0.422. The fourth-order valence-corrected chi connectivity index (χ4v) is 7.71. The standard InChI is InChI=1S/C45H57FN8O2/c1-5-11-36(12-6-2)51-42-38(41(7-3)52-43-39(42)28-50-54(43)8-4)27-49-45(56)34-16-10-15-33(25-34)44(55)48-26-30-17-18-40(46)37(24-30)32-14-9-13-31(23-32)29-53-21-19-35(47)20-22-53/h9-10,13-18,23-25,28,35-36H,5-8,11-12,19-22,26-27,29,47H2,1-4H3,(H,48,55)(H,49,56)(H,51,52). The van der Waals surface area contributed by atoms with Crippen molar-refractivity contribution in [1.82, 2.24) is 30.3 Å². The van der Waals surface area contributed by atoms with E-state index in [4.69, 9.17) is 10.7 Å². The van der Waals surface area contributed by atoms with E-state index in [2.05, 4.69) is 59.7 Å². The number of piperidine rings is 1. The lowest BCUT2D eigenvalue weighted by Gasteiger charge is -2.30. The van der Waals surface area contributed by atoms with Crippen LogP contribution in [0.4, 0.5) is 10.1 Å². The van der Waals surface area contributed by atoms with Gasteiger partial charge in [-0.25, -0.2) is 14.1 Å². The van der Waals surface area contributed by atoms with Crippen LogP contribution in [0.15, 0.2) is 72.9 Å². The number of nitrogens with one attached hydrogen (secondary N) is 3. The minimum Gasteiger partial charge on any atom is -0.381 e. The number of halogens is 1. The maximum absolute atomic E-state index is 15.2. The number of nitrogens with zero attached hydrogens (tertiary/aromatic N) is 4. The lowest BCUT2D eigenvalue weighted by atomic mass is 9.99. The van der Waals surface area contributed by atoms with Crippen molar-refractivity contribution in [3.8, 4) is 11.1 Å². The second-order valence-electron chi connectivity index (χ2n) is 15.0. The summed E-state index contributed by atoms with van der Waals surface area (Å²) in [4.78, 5) is 34.4. The molecule has 6 rings (SSSR count). The number of amides is 2. The molecule has 1 aliphatic rings. The predicted molar refractivity (Wildman–Crippen MR) is 223 cm³/mol. The van der Waals surface area contributed by atoms with Crippen LogP contribution in [-0.4, -0.2) is 56.7 Å². The first kappa shape index (κ1) is 40.5. The number of carbonyl (C=O) groups is 2. The number of fused-ring (bicyclic) bond motifs is 1. The van der Waals surface area contributed by atoms with Crippen LogP contribution in [0.2, 0.25) is 0 Å². The minimum atomic E-state index is -0.325. The molecule has 2 amide bonds. The van der Waals surface area contributed by atoms with Crippen LogP contribution in [0.3, 0.4) is 0 Å². The van der Waals surface area contributed by atoms with Crippen molar-refractivity contribution >= 4 is 28.5 Å². The topological polar surface area (TPSA) is 130 Å². The number of hydrogen-bond donors (Lipinski definition) is 4. The molecule has 0 spiro atoms. The third kappa shape index (κ3) is 9.81. The van der Waals surface area contributed by atoms with E-state index in [0.29, 0.717) is 29.7 Å². The van der Waals surface area contributed by atoms with E-state index in [-0.39, 0.29) is 42.8 Å². The molecule has 0 atom stereocenters. The molecule has 0 radical (unpaired) electrons. The van der Waals surface area contributed by atoms with Crippen molar-refractivity contribution in [2.24, 2.45) is 5.73 Å². The predicted octanol–water partition coefficient (Wildman–Crippen LogP) is 7.98. The molecule has 0 aliphatic carbocycles. The van der Waals surface area contributed by atoms with Crippen molar-refractivity contribution in [2.45, 2.75) is 111 Å². The molecule has 1 fully saturated rings. The molecule has 10 nitrogen and oxygen atoms in total. The van der Waals surface area contributed by atoms with Gasteiger partial charge in [-0.2, -0.15) is 5.10 Å². The maximum Gasteiger partial charge on any atom is 0.251 e. The number of nitrogens with two attached hydrogens (primary N) is 1. The van der Waals surface area contributed by atoms with Crippen LogP contribution >= 0.6 is 0 Å². The zero-order valence-electron chi connectivity index (χ0n) is 33.3. The Labute approximate surface area is 330 Å². The lowest BCUT2D eigenvalue weighted by Crippen LogP contribution is -2.39. The van der Waals surface area contributed by atoms with E-state index < -0.39 is 0 Å². The Balaban J connectivity index is 1.13. The van der Waals surface area contributed by atoms with Gasteiger partial charge in [0.25, 0.3) is 11.8 Å². The van der Waals surface area contributed by atoms with Gasteiger partial charge in [-0.05, 0) is 105 Å². The van der Waals surface area contributed by atoms with Gasteiger partial charge in [-0.3, -0.25) is 14.5 Å². The molecule has 2 aromatic heterocycles. The van der Waals surface area contributed by atoms with Crippen molar-refractivity contribution in [3.05, 3.63) is 112 Å². The Kier molecular flexibility index (Phi) is 13.9. The van der Waals surface area contributed by atoms with Crippen LogP contribution in [0, 0.1) is 5.82 Å². The van der Waals surface area contributed by atoms with E-state index in [0.717, 1.165) is 103 Å². The van der Waals surface area contributed by atoms with E-state index in [9.17, 15) is 9.59 Å². The maximum atomic E-state index is 15.2. The Morgan fingerprint density at radius 1 is 0.875 bits per heavy atom. The molecule has 5 N–H and O–H groups in total. The second-order valence-corrected chi connectivity index (χ2v) is 15.0. The van der Waals surface area contributed by atoms with Gasteiger partial charge >= 0.3 is 0 Å². The van der Waals surface area contributed by atoms with Crippen molar-refractivity contribution in [3.63, 3.8) is 0 Å². The number of hydrogen-bond acceptors (Lipinski definition) is 7. The molecule has 296 valence electrons. The highest BCUT2D eigenvalue weighted by atomic mass is 19.1. The number of rotatable bonds is 17. The summed E-state index contributed by atoms with van der Waals surface area (Å²) in [5.74, 6) is -0.929. The Morgan fingerprint density at radius 2 is 1.57 bits per heavy atom. The highest BCUT2D eigenvalue weighted by Crippen LogP contribution is 2.31. The van der Waals surface area contributed by atoms with E-state index in [1.54, 1.807) is 36.4 Å². The fourth-order valence-electron chi connectivity index (χ4n) is 7.71. The van der Waals surface area contributed by atoms with Gasteiger partial charge in [0.2, 0.25) is 0 Å². The smallest absolute Gasteiger partial charge is 0.251 e. The SMILES string of the molecule is CCCC(CCC)Nc1c(CNC(=O)c2cccc(C(=O)NCc3ccc(F)c(-c4cccc(CN5CCC(N)CC5)c4)c3)c2)c(CC)nc2c1cnn2CC. The summed E-state index contributed by atoms with van der Waals surface area (Å²) >= 11 is 0. The minimum absolute atomic E-state index is 0.201. The summed E-state index contributed by atoms with van der Waals surface area (Å²) in [6.07, 6.45) is 8.73. The highest BCUT2D eigenvalue weighted by molar-refractivity contribution is 6.00. The van der Waals surface area contributed by atoms with Crippen LogP contribution in [0.1, 0.15) is 109 Å². The van der Waals surface area contributed by atoms with Crippen LogP contribution < -0.4 is 21.7 Å². The second kappa shape index (κ2) is 19.1. The molecular formula is C45H57FN8O2. The lowest BCUT2D eigenvalue weighted by molar-refractivity contribution is 0.0950. The Morgan fingerprint density at radius 3 is 2.25 bits per heavy atom. The van der Waals surface area contributed by atoms with Gasteiger partial charge < -0.3 is 21.7 Å². The first-order valence-corrected chi connectivity index (χ1v) is 20.4. The van der Waals surface area contributed by atoms with Gasteiger partial charge in [0.1, 0.15) is 5.82 Å². The molecule has 3 aromatic carbocycles. The van der Waals surface area contributed by atoms with Crippen molar-refractivity contribution < 1.29 is 14.0 Å². The third-order valence-corrected chi connectivity index (χ3v) is 10.8. The average molecular weight is 761 g/mol. The number of likely N-dealkylation sites (tertiary alicyclic amines) is 1. The van der Waals surface area contributed by atoms with Gasteiger partial charge in [0.05, 0.1) is 17.3 Å². The Bertz CT molecular complexity index is 2120. The first-order valence-electron chi connectivity index (χ1n) is 20.4. The van der Waals surface area contributed by atoms with Crippen molar-refractivity contribution in [2.75, 3.05) is 18.4 Å². The van der Waals surface area contributed by atoms with Crippen LogP contribution in [-0.2, 0) is 32.6 Å². The van der Waals surface area contributed by atoms with E-state index in [1.165, 1.54) is 6.07 Å². The zero-order chi connectivity index (χ0) is 39.6. The number of benzene rings is 3. The number of aryl methyl sites for hydroxylation is 2. The van der Waals surface area contributed by atoms with Crippen LogP contribution in [0.5, 0.6) is 0 Å². The monoisotopic (exact) mass is 760 g/mol. The number of anilines is 1. The molecule has 5 aromatic rings. The highest BCUT2D eigenvalue weighted by Gasteiger charge is 2.22. The van der Waals surface area contributed by atoms with Gasteiger partial charge in [0.15, 0.2) is 5.65 Å². The molecule has 0 bridgehead atoms. The molecule has 3 heterocycles. The van der Waals surface area contributed by atoms with Gasteiger partial charge in [-0.15, -0.1) is 0 Å². The summed E-state index contributed by atoms with van der Waals surface area (Å²) in [5, 5.41) is 15.5. The molecule has 0 saturated carbocycles. The van der Waals surface area contributed by atoms with E-state index in [1.807, 2.05) is 29.1 Å². The number of pyridine rings is 1. The van der Waals surface area contributed by atoms with Crippen LogP contribution in [0.25, 0.3) is 22.2 Å². The molecular weight excluding hydrogens is 704 g/mol. The quantitative estimate of drug-likeness (QED) is 0.0757. The molecule has 11 heteroatoms. The average Bonchev–Trinajstić information content (AvgIpc) is 3.63. The third-order valence-electron chi connectivity index (χ3n) is 10.8. The molecule has 56 heavy (non-hydrogen) atoms. The molecule has 1 saturated heterocycles. The summed E-state index contributed by atoms with van der Waals surface area (Å²) in [5.41, 5.74) is 13.7. The number of carbonyl (C=O) groups excluding carboxylic acids is 2. The van der Waals surface area contributed by atoms with Crippen molar-refractivity contribution in [1.29, 1.82) is 0 Å². The zero-order valence-corrected chi connectivity index (χ0v) is 33.3. The summed E-state index contributed by atoms with van der Waals surface area (Å²) in [7, 11) is 0. The first-order chi connectivity index (χ1) is 27.2. The molecule has 0 unspecified atom stereocenters. The normalized spacial score (nSPS) is 13.7. The van der Waals surface area contributed by atoms with E-state index >= 15 is 4.39 Å². The molecule has 1 aliphatic heterocycles. The summed E-state index contributed by atoms with van der Waals surface area (Å²) in [6, 6.07) is 20.2.